The molecule has 0 unspecified atom stereocenters. The van der Waals surface area contributed by atoms with Crippen LogP contribution < -0.4 is 10.5 Å². The summed E-state index contributed by atoms with van der Waals surface area (Å²) in [7, 11) is -3.69. The molecule has 114 valence electrons. The second kappa shape index (κ2) is 6.14. The van der Waals surface area contributed by atoms with Gasteiger partial charge in [0.05, 0.1) is 17.0 Å². The van der Waals surface area contributed by atoms with Crippen LogP contribution in [-0.4, -0.2) is 21.5 Å². The molecule has 6 heteroatoms. The molecule has 0 aromatic heterocycles. The topological polar surface area (TPSA) is 72.2 Å². The van der Waals surface area contributed by atoms with Crippen LogP contribution in [0.4, 0.5) is 4.39 Å². The summed E-state index contributed by atoms with van der Waals surface area (Å²) in [5.41, 5.74) is 5.46. The van der Waals surface area contributed by atoms with Gasteiger partial charge in [-0.05, 0) is 42.9 Å². The minimum absolute atomic E-state index is 0.0785. The van der Waals surface area contributed by atoms with Gasteiger partial charge in [0.15, 0.2) is 0 Å². The van der Waals surface area contributed by atoms with Crippen molar-refractivity contribution in [1.29, 1.82) is 0 Å². The maximum atomic E-state index is 13.8. The molecule has 3 N–H and O–H groups in total. The Hall–Kier alpha value is -1.42. The Morgan fingerprint density at radius 3 is 2.67 bits per heavy atom. The number of nitrogens with one attached hydrogen (secondary N) is 1. The number of sulfonamides is 1. The van der Waals surface area contributed by atoms with E-state index >= 15 is 0 Å². The number of benzene rings is 1. The van der Waals surface area contributed by atoms with Crippen LogP contribution in [0.25, 0.3) is 0 Å². The molecule has 0 bridgehead atoms. The first-order valence-electron chi connectivity index (χ1n) is 6.91. The van der Waals surface area contributed by atoms with Crippen molar-refractivity contribution in [3.05, 3.63) is 29.6 Å². The molecule has 1 aromatic carbocycles. The molecule has 21 heavy (non-hydrogen) atoms. The monoisotopic (exact) mass is 310 g/mol. The maximum Gasteiger partial charge on any atom is 0.240 e. The Morgan fingerprint density at radius 2 is 2.14 bits per heavy atom. The van der Waals surface area contributed by atoms with E-state index in [1.165, 1.54) is 12.1 Å². The summed E-state index contributed by atoms with van der Waals surface area (Å²) in [5, 5.41) is 0. The molecule has 1 aromatic rings. The first-order chi connectivity index (χ1) is 9.92. The largest absolute Gasteiger partial charge is 0.320 e. The highest BCUT2D eigenvalue weighted by atomic mass is 32.2. The van der Waals surface area contributed by atoms with Gasteiger partial charge in [-0.3, -0.25) is 0 Å². The summed E-state index contributed by atoms with van der Waals surface area (Å²) >= 11 is 0. The van der Waals surface area contributed by atoms with Crippen molar-refractivity contribution in [1.82, 2.24) is 4.72 Å². The summed E-state index contributed by atoms with van der Waals surface area (Å²) < 4.78 is 40.7. The fraction of sp³-hybridized carbons (Fsp3) is 0.467. The highest BCUT2D eigenvalue weighted by molar-refractivity contribution is 7.89. The number of nitrogens with two attached hydrogens (primary N) is 1. The van der Waals surface area contributed by atoms with E-state index in [4.69, 9.17) is 5.73 Å². The van der Waals surface area contributed by atoms with Crippen LogP contribution in [0.2, 0.25) is 0 Å². The fourth-order valence-electron chi connectivity index (χ4n) is 2.07. The molecule has 0 spiro atoms. The van der Waals surface area contributed by atoms with Crippen LogP contribution in [0.15, 0.2) is 23.1 Å². The lowest BCUT2D eigenvalue weighted by Gasteiger charge is -2.14. The van der Waals surface area contributed by atoms with E-state index in [-0.39, 0.29) is 22.4 Å². The summed E-state index contributed by atoms with van der Waals surface area (Å²) in [6.07, 6.45) is 3.01. The molecule has 4 nitrogen and oxygen atoms in total. The standard InChI is InChI=1S/C15H19FN2O2S/c1-2-15(7-8-15)11-18-21(19,20)13-6-5-12(4-3-9-17)14(16)10-13/h5-6,10,18H,2,7-9,11,17H2,1H3. The van der Waals surface area contributed by atoms with Gasteiger partial charge in [0.2, 0.25) is 10.0 Å². The van der Waals surface area contributed by atoms with Gasteiger partial charge in [-0.2, -0.15) is 0 Å². The molecule has 2 rings (SSSR count). The van der Waals surface area contributed by atoms with Gasteiger partial charge in [0.1, 0.15) is 5.82 Å². The highest BCUT2D eigenvalue weighted by Crippen LogP contribution is 2.48. The lowest BCUT2D eigenvalue weighted by Crippen LogP contribution is -2.30. The molecule has 1 saturated carbocycles. The van der Waals surface area contributed by atoms with Crippen LogP contribution >= 0.6 is 0 Å². The quantitative estimate of drug-likeness (QED) is 0.812. The van der Waals surface area contributed by atoms with E-state index in [0.717, 1.165) is 25.3 Å². The van der Waals surface area contributed by atoms with Crippen molar-refractivity contribution >= 4 is 10.0 Å². The van der Waals surface area contributed by atoms with Gasteiger partial charge in [0.25, 0.3) is 0 Å². The second-order valence-corrected chi connectivity index (χ2v) is 7.09. The zero-order chi connectivity index (χ0) is 15.5. The van der Waals surface area contributed by atoms with Crippen molar-refractivity contribution < 1.29 is 12.8 Å². The molecule has 0 atom stereocenters. The van der Waals surface area contributed by atoms with Gasteiger partial charge in [-0.15, -0.1) is 0 Å². The predicted molar refractivity (Wildman–Crippen MR) is 79.5 cm³/mol. The van der Waals surface area contributed by atoms with Gasteiger partial charge in [-0.1, -0.05) is 18.8 Å². The Balaban J connectivity index is 2.15. The SMILES string of the molecule is CCC1(CNS(=O)(=O)c2ccc(C#CCN)c(F)c2)CC1. The smallest absolute Gasteiger partial charge is 0.240 e. The van der Waals surface area contributed by atoms with Crippen LogP contribution in [0.1, 0.15) is 31.7 Å². The normalized spacial score (nSPS) is 16.1. The van der Waals surface area contributed by atoms with Crippen LogP contribution in [0, 0.1) is 23.1 Å². The molecule has 1 aliphatic carbocycles. The molecule has 1 fully saturated rings. The van der Waals surface area contributed by atoms with Gasteiger partial charge < -0.3 is 5.73 Å². The zero-order valence-corrected chi connectivity index (χ0v) is 12.8. The van der Waals surface area contributed by atoms with Crippen molar-refractivity contribution in [3.63, 3.8) is 0 Å². The third-order valence-electron chi connectivity index (χ3n) is 3.92. The number of hydrogen-bond acceptors (Lipinski definition) is 3. The average Bonchev–Trinajstić information content (AvgIpc) is 3.25. The lowest BCUT2D eigenvalue weighted by atomic mass is 10.1. The molecule has 1 aliphatic rings. The van der Waals surface area contributed by atoms with Crippen molar-refractivity contribution in [3.8, 4) is 11.8 Å². The van der Waals surface area contributed by atoms with E-state index < -0.39 is 15.8 Å². The second-order valence-electron chi connectivity index (χ2n) is 5.33. The van der Waals surface area contributed by atoms with E-state index in [9.17, 15) is 12.8 Å². The number of rotatable bonds is 5. The van der Waals surface area contributed by atoms with Crippen LogP contribution in [0.5, 0.6) is 0 Å². The number of halogens is 1. The molecule has 0 radical (unpaired) electrons. The summed E-state index contributed by atoms with van der Waals surface area (Å²) in [6, 6.07) is 3.71. The Kier molecular flexibility index (Phi) is 4.67. The fourth-order valence-corrected chi connectivity index (χ4v) is 3.24. The zero-order valence-electron chi connectivity index (χ0n) is 11.9. The minimum atomic E-state index is -3.69. The van der Waals surface area contributed by atoms with Crippen LogP contribution in [0.3, 0.4) is 0 Å². The first kappa shape index (κ1) is 16.0. The molecule has 0 amide bonds. The van der Waals surface area contributed by atoms with E-state index in [1.807, 2.05) is 6.92 Å². The molecular formula is C15H19FN2O2S. The molecule has 0 heterocycles. The summed E-state index contributed by atoms with van der Waals surface area (Å²) in [4.78, 5) is -0.0785. The predicted octanol–water partition coefficient (Wildman–Crippen LogP) is 1.60. The molecular weight excluding hydrogens is 291 g/mol. The van der Waals surface area contributed by atoms with Crippen molar-refractivity contribution in [2.75, 3.05) is 13.1 Å². The number of hydrogen-bond donors (Lipinski definition) is 2. The third kappa shape index (κ3) is 3.82. The van der Waals surface area contributed by atoms with Crippen molar-refractivity contribution in [2.45, 2.75) is 31.1 Å². The van der Waals surface area contributed by atoms with Gasteiger partial charge >= 0.3 is 0 Å². The van der Waals surface area contributed by atoms with E-state index in [0.29, 0.717) is 6.54 Å². The van der Waals surface area contributed by atoms with Crippen molar-refractivity contribution in [2.24, 2.45) is 11.1 Å². The van der Waals surface area contributed by atoms with Crippen LogP contribution in [-0.2, 0) is 10.0 Å². The first-order valence-corrected chi connectivity index (χ1v) is 8.39. The Labute approximate surface area is 125 Å². The summed E-state index contributed by atoms with van der Waals surface area (Å²) in [6.45, 7) is 2.58. The Morgan fingerprint density at radius 1 is 1.43 bits per heavy atom. The summed E-state index contributed by atoms with van der Waals surface area (Å²) in [5.74, 6) is 4.44. The molecule has 0 saturated heterocycles. The van der Waals surface area contributed by atoms with E-state index in [2.05, 4.69) is 16.6 Å². The van der Waals surface area contributed by atoms with E-state index in [1.54, 1.807) is 0 Å². The minimum Gasteiger partial charge on any atom is -0.320 e. The van der Waals surface area contributed by atoms with Gasteiger partial charge in [-0.25, -0.2) is 17.5 Å². The lowest BCUT2D eigenvalue weighted by molar-refractivity contribution is 0.475. The van der Waals surface area contributed by atoms with Gasteiger partial charge in [0, 0.05) is 6.54 Å². The Bertz CT molecular complexity index is 685. The third-order valence-corrected chi connectivity index (χ3v) is 5.32. The molecule has 0 aliphatic heterocycles. The highest BCUT2D eigenvalue weighted by Gasteiger charge is 2.41. The average molecular weight is 310 g/mol. The maximum absolute atomic E-state index is 13.8.